The lowest BCUT2D eigenvalue weighted by atomic mass is 10.3. The zero-order valence-electron chi connectivity index (χ0n) is 11.9. The van der Waals surface area contributed by atoms with Crippen molar-refractivity contribution in [3.8, 4) is 5.75 Å². The molecule has 0 aliphatic rings. The molecule has 3 aromatic rings. The molecule has 0 fully saturated rings. The third kappa shape index (κ3) is 3.32. The zero-order valence-corrected chi connectivity index (χ0v) is 12.7. The van der Waals surface area contributed by atoms with Crippen LogP contribution in [0.5, 0.6) is 5.75 Å². The number of rotatable bonds is 5. The topological polar surface area (TPSA) is 62.0 Å². The number of nitrogens with zero attached hydrogens (tertiary/aromatic N) is 1. The number of H-pyrrole nitrogens is 1. The summed E-state index contributed by atoms with van der Waals surface area (Å²) in [4.78, 5) is 0. The fourth-order valence-electron chi connectivity index (χ4n) is 2.04. The van der Waals surface area contributed by atoms with E-state index in [9.17, 15) is 0 Å². The molecule has 0 radical (unpaired) electrons. The van der Waals surface area contributed by atoms with Crippen LogP contribution in [-0.4, -0.2) is 17.3 Å². The van der Waals surface area contributed by atoms with Crippen molar-refractivity contribution in [1.82, 2.24) is 10.2 Å². The number of nitrogens with one attached hydrogen (secondary N) is 3. The van der Waals surface area contributed by atoms with Crippen LogP contribution in [0.15, 0.2) is 54.7 Å². The highest BCUT2D eigenvalue weighted by Crippen LogP contribution is 2.28. The van der Waals surface area contributed by atoms with Gasteiger partial charge in [-0.1, -0.05) is 23.7 Å². The van der Waals surface area contributed by atoms with Crippen LogP contribution in [0, 0.1) is 0 Å². The van der Waals surface area contributed by atoms with E-state index in [1.54, 1.807) is 13.3 Å². The Morgan fingerprint density at radius 2 is 1.82 bits per heavy atom. The molecule has 2 aromatic carbocycles. The van der Waals surface area contributed by atoms with E-state index in [0.29, 0.717) is 5.02 Å². The van der Waals surface area contributed by atoms with Crippen molar-refractivity contribution in [3.05, 3.63) is 59.8 Å². The van der Waals surface area contributed by atoms with Gasteiger partial charge in [0.2, 0.25) is 0 Å². The number of halogens is 1. The highest BCUT2D eigenvalue weighted by molar-refractivity contribution is 6.30. The SMILES string of the molecule is COc1cccc(Nc2[nH]ncc2Nc2cccc(Cl)c2)c1. The Morgan fingerprint density at radius 3 is 2.59 bits per heavy atom. The molecule has 0 atom stereocenters. The number of ether oxygens (including phenoxy) is 1. The molecule has 0 aliphatic heterocycles. The number of benzene rings is 2. The van der Waals surface area contributed by atoms with Gasteiger partial charge < -0.3 is 15.4 Å². The summed E-state index contributed by atoms with van der Waals surface area (Å²) in [6.45, 7) is 0. The number of aromatic amines is 1. The summed E-state index contributed by atoms with van der Waals surface area (Å²) in [6.07, 6.45) is 1.71. The summed E-state index contributed by atoms with van der Waals surface area (Å²) in [6, 6.07) is 15.2. The van der Waals surface area contributed by atoms with Gasteiger partial charge >= 0.3 is 0 Å². The van der Waals surface area contributed by atoms with Gasteiger partial charge in [-0.3, -0.25) is 5.10 Å². The highest BCUT2D eigenvalue weighted by Gasteiger charge is 2.06. The van der Waals surface area contributed by atoms with Crippen LogP contribution in [0.3, 0.4) is 0 Å². The average Bonchev–Trinajstić information content (AvgIpc) is 2.94. The molecular weight excluding hydrogens is 300 g/mol. The minimum atomic E-state index is 0.677. The normalized spacial score (nSPS) is 10.3. The standard InChI is InChI=1S/C16H15ClN4O/c1-22-14-7-3-6-13(9-14)20-16-15(10-18-21-16)19-12-5-2-4-11(17)8-12/h2-10,19H,1H3,(H2,18,20,21). The van der Waals surface area contributed by atoms with Crippen molar-refractivity contribution in [1.29, 1.82) is 0 Å². The molecule has 0 bridgehead atoms. The van der Waals surface area contributed by atoms with Crippen molar-refractivity contribution in [2.24, 2.45) is 0 Å². The van der Waals surface area contributed by atoms with E-state index >= 15 is 0 Å². The molecule has 0 saturated carbocycles. The molecular formula is C16H15ClN4O. The van der Waals surface area contributed by atoms with Gasteiger partial charge in [0.05, 0.1) is 13.3 Å². The second-order valence-corrected chi connectivity index (χ2v) is 5.09. The maximum Gasteiger partial charge on any atom is 0.150 e. The van der Waals surface area contributed by atoms with Gasteiger partial charge in [-0.15, -0.1) is 0 Å². The van der Waals surface area contributed by atoms with Crippen molar-refractivity contribution in [2.45, 2.75) is 0 Å². The van der Waals surface area contributed by atoms with Crippen molar-refractivity contribution >= 4 is 34.5 Å². The Balaban J connectivity index is 1.80. The molecule has 3 N–H and O–H groups in total. The van der Waals surface area contributed by atoms with Crippen LogP contribution >= 0.6 is 11.6 Å². The summed E-state index contributed by atoms with van der Waals surface area (Å²) in [5, 5.41) is 14.2. The minimum Gasteiger partial charge on any atom is -0.497 e. The van der Waals surface area contributed by atoms with Gasteiger partial charge in [0.1, 0.15) is 17.3 Å². The summed E-state index contributed by atoms with van der Waals surface area (Å²) in [5.74, 6) is 1.54. The van der Waals surface area contributed by atoms with Gasteiger partial charge in [0, 0.05) is 22.5 Å². The maximum absolute atomic E-state index is 5.99. The van der Waals surface area contributed by atoms with Gasteiger partial charge in [-0.25, -0.2) is 0 Å². The molecule has 1 aromatic heterocycles. The molecule has 0 saturated heterocycles. The molecule has 5 nitrogen and oxygen atoms in total. The molecule has 112 valence electrons. The molecule has 0 aliphatic carbocycles. The summed E-state index contributed by atoms with van der Waals surface area (Å²) in [5.41, 5.74) is 2.62. The quantitative estimate of drug-likeness (QED) is 0.646. The fraction of sp³-hybridized carbons (Fsp3) is 0.0625. The van der Waals surface area contributed by atoms with Crippen molar-refractivity contribution in [3.63, 3.8) is 0 Å². The van der Waals surface area contributed by atoms with Crippen LogP contribution in [0.4, 0.5) is 22.9 Å². The van der Waals surface area contributed by atoms with Gasteiger partial charge in [-0.2, -0.15) is 5.10 Å². The zero-order chi connectivity index (χ0) is 15.4. The monoisotopic (exact) mass is 314 g/mol. The molecule has 1 heterocycles. The Morgan fingerprint density at radius 1 is 1.05 bits per heavy atom. The smallest absolute Gasteiger partial charge is 0.150 e. The molecule has 3 rings (SSSR count). The predicted octanol–water partition coefficient (Wildman–Crippen LogP) is 4.56. The number of aromatic nitrogens is 2. The Hall–Kier alpha value is -2.66. The van der Waals surface area contributed by atoms with E-state index in [1.165, 1.54) is 0 Å². The van der Waals surface area contributed by atoms with E-state index in [-0.39, 0.29) is 0 Å². The van der Waals surface area contributed by atoms with Crippen LogP contribution in [-0.2, 0) is 0 Å². The first kappa shape index (κ1) is 14.3. The van der Waals surface area contributed by atoms with E-state index < -0.39 is 0 Å². The lowest BCUT2D eigenvalue weighted by molar-refractivity contribution is 0.415. The Kier molecular flexibility index (Phi) is 4.16. The lowest BCUT2D eigenvalue weighted by Gasteiger charge is -2.10. The predicted molar refractivity (Wildman–Crippen MR) is 89.6 cm³/mol. The van der Waals surface area contributed by atoms with E-state index in [4.69, 9.17) is 16.3 Å². The Labute approximate surface area is 133 Å². The van der Waals surface area contributed by atoms with Crippen molar-refractivity contribution in [2.75, 3.05) is 17.7 Å². The molecule has 6 heteroatoms. The number of methoxy groups -OCH3 is 1. The summed E-state index contributed by atoms with van der Waals surface area (Å²) in [7, 11) is 1.64. The van der Waals surface area contributed by atoms with Crippen LogP contribution in [0.1, 0.15) is 0 Å². The number of anilines is 4. The second kappa shape index (κ2) is 6.41. The van der Waals surface area contributed by atoms with E-state index in [1.807, 2.05) is 48.5 Å². The van der Waals surface area contributed by atoms with Gasteiger partial charge in [0.15, 0.2) is 0 Å². The minimum absolute atomic E-state index is 0.677. The first-order valence-electron chi connectivity index (χ1n) is 6.71. The van der Waals surface area contributed by atoms with Crippen LogP contribution in [0.2, 0.25) is 5.02 Å². The second-order valence-electron chi connectivity index (χ2n) is 4.65. The summed E-state index contributed by atoms with van der Waals surface area (Å²) < 4.78 is 5.22. The van der Waals surface area contributed by atoms with Crippen LogP contribution < -0.4 is 15.4 Å². The number of hydrogen-bond donors (Lipinski definition) is 3. The highest BCUT2D eigenvalue weighted by atomic mass is 35.5. The van der Waals surface area contributed by atoms with Crippen LogP contribution in [0.25, 0.3) is 0 Å². The maximum atomic E-state index is 5.99. The van der Waals surface area contributed by atoms with Crippen molar-refractivity contribution < 1.29 is 4.74 Å². The third-order valence-electron chi connectivity index (χ3n) is 3.08. The first-order valence-corrected chi connectivity index (χ1v) is 7.09. The third-order valence-corrected chi connectivity index (χ3v) is 3.32. The Bertz CT molecular complexity index is 772. The molecule has 0 unspecified atom stereocenters. The van der Waals surface area contributed by atoms with E-state index in [2.05, 4.69) is 20.8 Å². The largest absolute Gasteiger partial charge is 0.497 e. The lowest BCUT2D eigenvalue weighted by Crippen LogP contribution is -1.96. The number of hydrogen-bond acceptors (Lipinski definition) is 4. The first-order chi connectivity index (χ1) is 10.7. The van der Waals surface area contributed by atoms with Gasteiger partial charge in [0.25, 0.3) is 0 Å². The molecule has 22 heavy (non-hydrogen) atoms. The van der Waals surface area contributed by atoms with E-state index in [0.717, 1.165) is 28.6 Å². The van der Waals surface area contributed by atoms with Gasteiger partial charge in [-0.05, 0) is 30.3 Å². The fourth-order valence-corrected chi connectivity index (χ4v) is 2.23. The molecule has 0 spiro atoms. The average molecular weight is 315 g/mol. The summed E-state index contributed by atoms with van der Waals surface area (Å²) >= 11 is 5.99. The molecule has 0 amide bonds.